The Morgan fingerprint density at radius 2 is 1.96 bits per heavy atom. The lowest BCUT2D eigenvalue weighted by atomic mass is 9.86. The molecule has 1 heterocycles. The summed E-state index contributed by atoms with van der Waals surface area (Å²) in [7, 11) is 0. The first-order valence-corrected chi connectivity index (χ1v) is 9.12. The predicted octanol–water partition coefficient (Wildman–Crippen LogP) is 3.78. The number of nitrogens with zero attached hydrogens (tertiary/aromatic N) is 2. The Labute approximate surface area is 160 Å². The molecule has 0 fully saturated rings. The van der Waals surface area contributed by atoms with Gasteiger partial charge in [0, 0.05) is 36.7 Å². The number of carbonyl (C=O) groups is 2. The Hall–Kier alpha value is -2.83. The van der Waals surface area contributed by atoms with Crippen LogP contribution in [-0.4, -0.2) is 27.5 Å². The van der Waals surface area contributed by atoms with Crippen molar-refractivity contribution in [3.05, 3.63) is 42.5 Å². The third-order valence-corrected chi connectivity index (χ3v) is 4.39. The fourth-order valence-electron chi connectivity index (χ4n) is 2.54. The van der Waals surface area contributed by atoms with E-state index in [0.29, 0.717) is 24.3 Å². The van der Waals surface area contributed by atoms with Gasteiger partial charge in [-0.05, 0) is 30.0 Å². The molecule has 146 valence electrons. The van der Waals surface area contributed by atoms with Crippen LogP contribution in [0, 0.1) is 12.3 Å². The average Bonchev–Trinajstić information content (AvgIpc) is 3.09. The van der Waals surface area contributed by atoms with Crippen molar-refractivity contribution in [1.29, 1.82) is 0 Å². The van der Waals surface area contributed by atoms with E-state index in [1.54, 1.807) is 25.5 Å². The van der Waals surface area contributed by atoms with Crippen molar-refractivity contribution in [3.8, 4) is 0 Å². The van der Waals surface area contributed by atoms with E-state index in [-0.39, 0.29) is 23.4 Å². The molecule has 0 radical (unpaired) electrons. The molecule has 27 heavy (non-hydrogen) atoms. The van der Waals surface area contributed by atoms with Crippen LogP contribution in [-0.2, 0) is 11.3 Å². The highest BCUT2D eigenvalue weighted by atomic mass is 16.2. The number of rotatable bonds is 6. The zero-order valence-corrected chi connectivity index (χ0v) is 16.7. The largest absolute Gasteiger partial charge is 0.335 e. The third-order valence-electron chi connectivity index (χ3n) is 4.39. The summed E-state index contributed by atoms with van der Waals surface area (Å²) in [6, 6.07) is 5.08. The van der Waals surface area contributed by atoms with Gasteiger partial charge in [0.2, 0.25) is 5.91 Å². The Morgan fingerprint density at radius 3 is 2.56 bits per heavy atom. The van der Waals surface area contributed by atoms with E-state index in [0.717, 1.165) is 5.56 Å². The minimum atomic E-state index is -0.285. The summed E-state index contributed by atoms with van der Waals surface area (Å²) in [6.07, 6.45) is 5.74. The van der Waals surface area contributed by atoms with E-state index >= 15 is 0 Å². The maximum Gasteiger partial charge on any atom is 0.319 e. The molecule has 0 bridgehead atoms. The maximum absolute atomic E-state index is 12.5. The molecule has 0 saturated carbocycles. The summed E-state index contributed by atoms with van der Waals surface area (Å²) in [5.41, 5.74) is 2.13. The van der Waals surface area contributed by atoms with Gasteiger partial charge in [0.15, 0.2) is 0 Å². The Kier molecular flexibility index (Phi) is 6.60. The number of aryl methyl sites for hydroxylation is 1. The van der Waals surface area contributed by atoms with Gasteiger partial charge in [-0.2, -0.15) is 0 Å². The van der Waals surface area contributed by atoms with E-state index in [1.165, 1.54) is 0 Å². The van der Waals surface area contributed by atoms with Crippen molar-refractivity contribution >= 4 is 23.3 Å². The highest BCUT2D eigenvalue weighted by Gasteiger charge is 2.26. The topological polar surface area (TPSA) is 88.0 Å². The minimum absolute atomic E-state index is 0.0622. The second-order valence-electron chi connectivity index (χ2n) is 7.71. The van der Waals surface area contributed by atoms with Crippen molar-refractivity contribution in [2.45, 2.75) is 53.6 Å². The molecular formula is C20H29N5O2. The lowest BCUT2D eigenvalue weighted by Gasteiger charge is -2.31. The molecular weight excluding hydrogens is 342 g/mol. The van der Waals surface area contributed by atoms with Crippen LogP contribution in [0.1, 0.15) is 39.7 Å². The van der Waals surface area contributed by atoms with Crippen LogP contribution in [0.4, 0.5) is 16.2 Å². The number of anilines is 2. The molecule has 0 spiro atoms. The minimum Gasteiger partial charge on any atom is -0.335 e. The van der Waals surface area contributed by atoms with E-state index in [1.807, 2.05) is 29.8 Å². The van der Waals surface area contributed by atoms with Crippen LogP contribution < -0.4 is 16.0 Å². The number of aromatic nitrogens is 2. The number of benzene rings is 1. The molecule has 0 saturated heterocycles. The first kappa shape index (κ1) is 20.5. The van der Waals surface area contributed by atoms with Crippen molar-refractivity contribution in [3.63, 3.8) is 0 Å². The monoisotopic (exact) mass is 371 g/mol. The summed E-state index contributed by atoms with van der Waals surface area (Å²) >= 11 is 0. The molecule has 3 amide bonds. The van der Waals surface area contributed by atoms with Gasteiger partial charge in [0.05, 0.1) is 12.4 Å². The highest BCUT2D eigenvalue weighted by Crippen LogP contribution is 2.22. The van der Waals surface area contributed by atoms with Crippen molar-refractivity contribution in [1.82, 2.24) is 14.9 Å². The van der Waals surface area contributed by atoms with Gasteiger partial charge < -0.3 is 20.5 Å². The smallest absolute Gasteiger partial charge is 0.319 e. The molecule has 0 aliphatic carbocycles. The van der Waals surface area contributed by atoms with Gasteiger partial charge in [0.25, 0.3) is 0 Å². The van der Waals surface area contributed by atoms with Crippen molar-refractivity contribution < 1.29 is 9.59 Å². The Bertz CT molecular complexity index is 778. The number of hydrogen-bond acceptors (Lipinski definition) is 3. The third kappa shape index (κ3) is 6.13. The number of urea groups is 1. The first-order valence-electron chi connectivity index (χ1n) is 9.12. The van der Waals surface area contributed by atoms with Crippen LogP contribution in [0.3, 0.4) is 0 Å². The lowest BCUT2D eigenvalue weighted by Crippen LogP contribution is -2.47. The summed E-state index contributed by atoms with van der Waals surface area (Å²) in [6.45, 7) is 10.6. The van der Waals surface area contributed by atoms with Crippen LogP contribution in [0.15, 0.2) is 36.9 Å². The summed E-state index contributed by atoms with van der Waals surface area (Å²) in [5, 5.41) is 8.75. The molecule has 3 N–H and O–H groups in total. The molecule has 0 aliphatic rings. The summed E-state index contributed by atoms with van der Waals surface area (Å²) < 4.78 is 1.94. The van der Waals surface area contributed by atoms with Crippen molar-refractivity contribution in [2.24, 2.45) is 5.41 Å². The summed E-state index contributed by atoms with van der Waals surface area (Å²) in [4.78, 5) is 28.2. The molecule has 2 aromatic rings. The molecule has 7 nitrogen and oxygen atoms in total. The standard InChI is InChI=1S/C20H29N5O2/c1-6-18(26)23-16-11-15(8-7-14(16)2)22-19(27)24-17(20(3,4)5)12-25-10-9-21-13-25/h7-11,13,17H,6,12H2,1-5H3,(H,23,26)(H2,22,24,27). The highest BCUT2D eigenvalue weighted by molar-refractivity contribution is 5.94. The lowest BCUT2D eigenvalue weighted by molar-refractivity contribution is -0.115. The van der Waals surface area contributed by atoms with Crippen LogP contribution in [0.2, 0.25) is 0 Å². The number of imidazole rings is 1. The molecule has 1 atom stereocenters. The van der Waals surface area contributed by atoms with E-state index in [9.17, 15) is 9.59 Å². The molecule has 1 unspecified atom stereocenters. The van der Waals surface area contributed by atoms with Crippen LogP contribution in [0.5, 0.6) is 0 Å². The van der Waals surface area contributed by atoms with Gasteiger partial charge >= 0.3 is 6.03 Å². The number of amides is 3. The zero-order valence-electron chi connectivity index (χ0n) is 16.7. The fourth-order valence-corrected chi connectivity index (χ4v) is 2.54. The number of carbonyl (C=O) groups excluding carboxylic acids is 2. The molecule has 1 aromatic carbocycles. The van der Waals surface area contributed by atoms with E-state index < -0.39 is 0 Å². The van der Waals surface area contributed by atoms with Gasteiger partial charge in [-0.1, -0.05) is 33.8 Å². The van der Waals surface area contributed by atoms with Gasteiger partial charge in [-0.3, -0.25) is 4.79 Å². The molecule has 2 rings (SSSR count). The van der Waals surface area contributed by atoms with Gasteiger partial charge in [-0.15, -0.1) is 0 Å². The maximum atomic E-state index is 12.5. The molecule has 0 aliphatic heterocycles. The number of nitrogens with one attached hydrogen (secondary N) is 3. The van der Waals surface area contributed by atoms with Crippen LogP contribution in [0.25, 0.3) is 0 Å². The van der Waals surface area contributed by atoms with Crippen molar-refractivity contribution in [2.75, 3.05) is 10.6 Å². The summed E-state index contributed by atoms with van der Waals surface area (Å²) in [5.74, 6) is -0.0622. The second-order valence-corrected chi connectivity index (χ2v) is 7.71. The Balaban J connectivity index is 2.06. The van der Waals surface area contributed by atoms with Gasteiger partial charge in [0.1, 0.15) is 0 Å². The first-order chi connectivity index (χ1) is 12.7. The second kappa shape index (κ2) is 8.70. The normalized spacial score (nSPS) is 12.3. The van der Waals surface area contributed by atoms with E-state index in [2.05, 4.69) is 41.7 Å². The predicted molar refractivity (Wildman–Crippen MR) is 108 cm³/mol. The van der Waals surface area contributed by atoms with Crippen LogP contribution >= 0.6 is 0 Å². The Morgan fingerprint density at radius 1 is 1.22 bits per heavy atom. The number of hydrogen-bond donors (Lipinski definition) is 3. The SMILES string of the molecule is CCC(=O)Nc1cc(NC(=O)NC(Cn2ccnc2)C(C)(C)C)ccc1C. The fraction of sp³-hybridized carbons (Fsp3) is 0.450. The quantitative estimate of drug-likeness (QED) is 0.722. The van der Waals surface area contributed by atoms with Gasteiger partial charge in [-0.25, -0.2) is 9.78 Å². The average molecular weight is 371 g/mol. The molecule has 7 heteroatoms. The van der Waals surface area contributed by atoms with E-state index in [4.69, 9.17) is 0 Å². The molecule has 1 aromatic heterocycles. The zero-order chi connectivity index (χ0) is 20.0.